The summed E-state index contributed by atoms with van der Waals surface area (Å²) in [4.78, 5) is 2.54. The highest BCUT2D eigenvalue weighted by Crippen LogP contribution is 2.31. The lowest BCUT2D eigenvalue weighted by molar-refractivity contribution is 0.580. The summed E-state index contributed by atoms with van der Waals surface area (Å²) in [6, 6.07) is 25.0. The topological polar surface area (TPSA) is 61.4 Å². The number of hydrogen-bond donors (Lipinski definition) is 2. The zero-order valence-electron chi connectivity index (χ0n) is 16.2. The summed E-state index contributed by atoms with van der Waals surface area (Å²) >= 11 is 0. The molecular formula is C23H25N3O2S. The molecule has 0 radical (unpaired) electrons. The molecular weight excluding hydrogens is 382 g/mol. The highest BCUT2D eigenvalue weighted by Gasteiger charge is 2.22. The molecule has 0 bridgehead atoms. The van der Waals surface area contributed by atoms with Crippen LogP contribution in [0.1, 0.15) is 5.56 Å². The third-order valence-corrected chi connectivity index (χ3v) is 6.57. The molecule has 5 nitrogen and oxygen atoms in total. The Kier molecular flexibility index (Phi) is 5.94. The Labute approximate surface area is 172 Å². The van der Waals surface area contributed by atoms with Crippen molar-refractivity contribution in [3.05, 3.63) is 84.4 Å². The summed E-state index contributed by atoms with van der Waals surface area (Å²) in [6.07, 6.45) is 0. The standard InChI is InChI=1S/C23H25N3O2S/c27-29(28,25-18-19-7-3-1-4-8-19)23-17-21(26-15-13-24-14-16-26)11-12-22(23)20-9-5-2-6-10-20/h1-12,17,24-25H,13-16,18H2. The number of piperazine rings is 1. The van der Waals surface area contributed by atoms with Crippen molar-refractivity contribution in [2.75, 3.05) is 31.1 Å². The molecule has 1 aliphatic heterocycles. The van der Waals surface area contributed by atoms with Gasteiger partial charge in [-0.2, -0.15) is 0 Å². The maximum Gasteiger partial charge on any atom is 0.241 e. The molecule has 0 saturated carbocycles. The van der Waals surface area contributed by atoms with Gasteiger partial charge in [0.05, 0.1) is 4.90 Å². The minimum Gasteiger partial charge on any atom is -0.369 e. The Morgan fingerprint density at radius 3 is 2.21 bits per heavy atom. The number of nitrogens with zero attached hydrogens (tertiary/aromatic N) is 1. The van der Waals surface area contributed by atoms with Crippen LogP contribution in [0.4, 0.5) is 5.69 Å². The van der Waals surface area contributed by atoms with Gasteiger partial charge in [-0.1, -0.05) is 66.7 Å². The van der Waals surface area contributed by atoms with Gasteiger partial charge in [0.1, 0.15) is 0 Å². The first-order valence-corrected chi connectivity index (χ1v) is 11.3. The summed E-state index contributed by atoms with van der Waals surface area (Å²) in [5.74, 6) is 0. The van der Waals surface area contributed by atoms with Gasteiger partial charge in [0, 0.05) is 44.0 Å². The van der Waals surface area contributed by atoms with Crippen molar-refractivity contribution in [3.63, 3.8) is 0 Å². The van der Waals surface area contributed by atoms with Crippen molar-refractivity contribution in [2.45, 2.75) is 11.4 Å². The van der Waals surface area contributed by atoms with Gasteiger partial charge in [-0.25, -0.2) is 13.1 Å². The summed E-state index contributed by atoms with van der Waals surface area (Å²) in [6.45, 7) is 3.78. The van der Waals surface area contributed by atoms with E-state index < -0.39 is 10.0 Å². The summed E-state index contributed by atoms with van der Waals surface area (Å²) in [5.41, 5.74) is 3.46. The van der Waals surface area contributed by atoms with Crippen molar-refractivity contribution in [1.29, 1.82) is 0 Å². The molecule has 3 aromatic rings. The molecule has 0 aliphatic carbocycles. The van der Waals surface area contributed by atoms with Gasteiger partial charge in [0.25, 0.3) is 0 Å². The summed E-state index contributed by atoms with van der Waals surface area (Å²) in [5, 5.41) is 3.33. The Bertz CT molecular complexity index is 1050. The second-order valence-corrected chi connectivity index (χ2v) is 8.83. The minimum atomic E-state index is -3.69. The quantitative estimate of drug-likeness (QED) is 0.659. The molecule has 1 saturated heterocycles. The molecule has 29 heavy (non-hydrogen) atoms. The number of hydrogen-bond acceptors (Lipinski definition) is 4. The molecule has 4 rings (SSSR count). The van der Waals surface area contributed by atoms with E-state index >= 15 is 0 Å². The van der Waals surface area contributed by atoms with E-state index in [-0.39, 0.29) is 6.54 Å². The Hall–Kier alpha value is -2.67. The number of anilines is 1. The van der Waals surface area contributed by atoms with Crippen molar-refractivity contribution in [1.82, 2.24) is 10.0 Å². The largest absolute Gasteiger partial charge is 0.369 e. The third-order valence-electron chi connectivity index (χ3n) is 5.13. The van der Waals surface area contributed by atoms with E-state index in [9.17, 15) is 8.42 Å². The zero-order chi connectivity index (χ0) is 20.1. The number of nitrogens with one attached hydrogen (secondary N) is 2. The molecule has 0 atom stereocenters. The van der Waals surface area contributed by atoms with Crippen LogP contribution >= 0.6 is 0 Å². The van der Waals surface area contributed by atoms with E-state index in [0.717, 1.165) is 43.0 Å². The second-order valence-electron chi connectivity index (χ2n) is 7.09. The predicted octanol–water partition coefficient (Wildman–Crippen LogP) is 3.24. The van der Waals surface area contributed by atoms with Crippen molar-refractivity contribution in [2.24, 2.45) is 0 Å². The van der Waals surface area contributed by atoms with E-state index in [0.29, 0.717) is 10.5 Å². The van der Waals surface area contributed by atoms with Crippen LogP contribution in [0.2, 0.25) is 0 Å². The van der Waals surface area contributed by atoms with Gasteiger partial charge >= 0.3 is 0 Å². The van der Waals surface area contributed by atoms with Gasteiger partial charge in [0.15, 0.2) is 0 Å². The first-order valence-electron chi connectivity index (χ1n) is 9.82. The van der Waals surface area contributed by atoms with Crippen LogP contribution in [0, 0.1) is 0 Å². The van der Waals surface area contributed by atoms with Crippen molar-refractivity contribution < 1.29 is 8.42 Å². The third kappa shape index (κ3) is 4.67. The fourth-order valence-electron chi connectivity index (χ4n) is 3.56. The predicted molar refractivity (Wildman–Crippen MR) is 117 cm³/mol. The van der Waals surface area contributed by atoms with E-state index in [4.69, 9.17) is 0 Å². The van der Waals surface area contributed by atoms with Crippen LogP contribution in [0.5, 0.6) is 0 Å². The Morgan fingerprint density at radius 2 is 1.52 bits per heavy atom. The molecule has 1 aliphatic rings. The highest BCUT2D eigenvalue weighted by atomic mass is 32.2. The van der Waals surface area contributed by atoms with Gasteiger partial charge in [0.2, 0.25) is 10.0 Å². The summed E-state index contributed by atoms with van der Waals surface area (Å²) in [7, 11) is -3.69. The monoisotopic (exact) mass is 407 g/mol. The van der Waals surface area contributed by atoms with E-state index in [2.05, 4.69) is 14.9 Å². The van der Waals surface area contributed by atoms with Gasteiger partial charge in [-0.15, -0.1) is 0 Å². The van der Waals surface area contributed by atoms with E-state index in [1.165, 1.54) is 0 Å². The normalized spacial score (nSPS) is 14.7. The molecule has 0 amide bonds. The van der Waals surface area contributed by atoms with Crippen LogP contribution in [-0.2, 0) is 16.6 Å². The van der Waals surface area contributed by atoms with Crippen LogP contribution in [0.3, 0.4) is 0 Å². The minimum absolute atomic E-state index is 0.259. The molecule has 150 valence electrons. The number of benzene rings is 3. The fourth-order valence-corrected chi connectivity index (χ4v) is 4.82. The second kappa shape index (κ2) is 8.78. The highest BCUT2D eigenvalue weighted by molar-refractivity contribution is 7.89. The van der Waals surface area contributed by atoms with E-state index in [1.54, 1.807) is 6.07 Å². The molecule has 1 heterocycles. The van der Waals surface area contributed by atoms with Gasteiger partial charge in [-0.05, 0) is 23.3 Å². The van der Waals surface area contributed by atoms with Gasteiger partial charge < -0.3 is 10.2 Å². The molecule has 2 N–H and O–H groups in total. The maximum absolute atomic E-state index is 13.3. The SMILES string of the molecule is O=S(=O)(NCc1ccccc1)c1cc(N2CCNCC2)ccc1-c1ccccc1. The average Bonchev–Trinajstić information content (AvgIpc) is 2.79. The fraction of sp³-hybridized carbons (Fsp3) is 0.217. The van der Waals surface area contributed by atoms with Crippen LogP contribution in [0.25, 0.3) is 11.1 Å². The molecule has 3 aromatic carbocycles. The van der Waals surface area contributed by atoms with Crippen LogP contribution in [-0.4, -0.2) is 34.6 Å². The van der Waals surface area contributed by atoms with Crippen LogP contribution in [0.15, 0.2) is 83.8 Å². The molecule has 0 spiro atoms. The molecule has 0 aromatic heterocycles. The number of rotatable bonds is 6. The molecule has 6 heteroatoms. The van der Waals surface area contributed by atoms with Crippen molar-refractivity contribution >= 4 is 15.7 Å². The molecule has 0 unspecified atom stereocenters. The van der Waals surface area contributed by atoms with Crippen LogP contribution < -0.4 is 14.9 Å². The Morgan fingerprint density at radius 1 is 0.862 bits per heavy atom. The molecule has 1 fully saturated rings. The first-order chi connectivity index (χ1) is 14.1. The smallest absolute Gasteiger partial charge is 0.241 e. The maximum atomic E-state index is 13.3. The lowest BCUT2D eigenvalue weighted by Gasteiger charge is -2.30. The average molecular weight is 408 g/mol. The lowest BCUT2D eigenvalue weighted by atomic mass is 10.0. The Balaban J connectivity index is 1.71. The summed E-state index contributed by atoms with van der Waals surface area (Å²) < 4.78 is 29.4. The number of sulfonamides is 1. The zero-order valence-corrected chi connectivity index (χ0v) is 17.0. The first kappa shape index (κ1) is 19.6. The lowest BCUT2D eigenvalue weighted by Crippen LogP contribution is -2.43. The van der Waals surface area contributed by atoms with Gasteiger partial charge in [-0.3, -0.25) is 0 Å². The van der Waals surface area contributed by atoms with E-state index in [1.807, 2.05) is 72.8 Å². The van der Waals surface area contributed by atoms with Crippen molar-refractivity contribution in [3.8, 4) is 11.1 Å².